The molecule has 0 radical (unpaired) electrons. The van der Waals surface area contributed by atoms with E-state index < -0.39 is 0 Å². The van der Waals surface area contributed by atoms with Gasteiger partial charge in [-0.1, -0.05) is 17.3 Å². The van der Waals surface area contributed by atoms with Crippen molar-refractivity contribution < 1.29 is 23.9 Å². The summed E-state index contributed by atoms with van der Waals surface area (Å²) in [5.74, 6) is 1.04. The second-order valence-corrected chi connectivity index (χ2v) is 14.1. The number of imidazole rings is 1. The Hall–Kier alpha value is -7.43. The number of nitrogens with one attached hydrogen (secondary N) is 3. The summed E-state index contributed by atoms with van der Waals surface area (Å²) in [6.45, 7) is 8.93. The number of H-pyrrole nitrogens is 1. The Kier molecular flexibility index (Phi) is 10.3. The van der Waals surface area contributed by atoms with Gasteiger partial charge in [0, 0.05) is 59.1 Å². The summed E-state index contributed by atoms with van der Waals surface area (Å²) in [6.07, 6.45) is 7.10. The van der Waals surface area contributed by atoms with Crippen LogP contribution in [0.5, 0.6) is 11.5 Å². The van der Waals surface area contributed by atoms with Gasteiger partial charge in [0.25, 0.3) is 17.7 Å². The summed E-state index contributed by atoms with van der Waals surface area (Å²) in [4.78, 5) is 58.0. The molecule has 0 unspecified atom stereocenters. The zero-order valence-corrected chi connectivity index (χ0v) is 32.3. The van der Waals surface area contributed by atoms with Gasteiger partial charge in [0.2, 0.25) is 6.79 Å². The number of carbonyl (C=O) groups excluding carboxylic acids is 3. The molecule has 0 bridgehead atoms. The predicted molar refractivity (Wildman–Crippen MR) is 212 cm³/mol. The zero-order chi connectivity index (χ0) is 40.3. The summed E-state index contributed by atoms with van der Waals surface area (Å²) in [5.41, 5.74) is 6.86. The molecule has 17 heteroatoms. The highest BCUT2D eigenvalue weighted by Gasteiger charge is 2.23. The molecule has 3 N–H and O–H groups in total. The number of aromatic amines is 1. The second-order valence-electron chi connectivity index (χ2n) is 14.1. The fraction of sp³-hybridized carbons (Fsp3) is 0.244. The van der Waals surface area contributed by atoms with Crippen LogP contribution in [0, 0.1) is 13.8 Å². The maximum Gasteiger partial charge on any atom is 0.269 e. The lowest BCUT2D eigenvalue weighted by atomic mass is 10.1. The van der Waals surface area contributed by atoms with Crippen LogP contribution in [-0.2, 0) is 13.1 Å². The third-order valence-electron chi connectivity index (χ3n) is 9.61. The van der Waals surface area contributed by atoms with Crippen LogP contribution < -0.4 is 20.1 Å². The van der Waals surface area contributed by atoms with E-state index in [-0.39, 0.29) is 42.8 Å². The van der Waals surface area contributed by atoms with E-state index in [9.17, 15) is 14.4 Å². The first-order chi connectivity index (χ1) is 28.1. The van der Waals surface area contributed by atoms with Gasteiger partial charge in [0.05, 0.1) is 30.8 Å². The van der Waals surface area contributed by atoms with Crippen molar-refractivity contribution in [2.24, 2.45) is 0 Å². The topological polar surface area (TPSA) is 199 Å². The largest absolute Gasteiger partial charge is 0.454 e. The van der Waals surface area contributed by atoms with Gasteiger partial charge < -0.3 is 30.0 Å². The van der Waals surface area contributed by atoms with Crippen molar-refractivity contribution in [2.75, 3.05) is 18.7 Å². The molecule has 0 atom stereocenters. The third kappa shape index (κ3) is 7.95. The molecular weight excluding hydrogens is 741 g/mol. The second kappa shape index (κ2) is 16.0. The molecule has 0 fully saturated rings. The van der Waals surface area contributed by atoms with Crippen LogP contribution >= 0.6 is 0 Å². The van der Waals surface area contributed by atoms with Crippen molar-refractivity contribution in [2.45, 2.75) is 53.2 Å². The van der Waals surface area contributed by atoms with Crippen molar-refractivity contribution in [1.29, 1.82) is 0 Å². The highest BCUT2D eigenvalue weighted by molar-refractivity contribution is 6.08. The molecule has 8 rings (SSSR count). The summed E-state index contributed by atoms with van der Waals surface area (Å²) in [5, 5.41) is 18.6. The van der Waals surface area contributed by atoms with E-state index in [1.165, 1.54) is 18.5 Å². The number of hydrogen-bond acceptors (Lipinski definition) is 11. The molecule has 1 aliphatic rings. The SMILES string of the molecule is Cc1cc(C)n2ncc(C(=O)Nc3ccc(-c4cn(CCCNC(=O)c5cc(C(=O)N(Cc6ncc(-c7ccc8c(c7)OCO8)[nH]6)C(C)C)ccn5)nn4)cc3)c2n1. The first-order valence-corrected chi connectivity index (χ1v) is 18.7. The number of benzene rings is 2. The van der Waals surface area contributed by atoms with Gasteiger partial charge in [-0.2, -0.15) is 5.10 Å². The number of rotatable bonds is 13. The van der Waals surface area contributed by atoms with Gasteiger partial charge in [-0.25, -0.2) is 14.5 Å². The molecule has 5 aromatic heterocycles. The Labute approximate surface area is 332 Å². The molecule has 0 saturated carbocycles. The van der Waals surface area contributed by atoms with Crippen molar-refractivity contribution in [3.05, 3.63) is 119 Å². The molecule has 58 heavy (non-hydrogen) atoms. The van der Waals surface area contributed by atoms with Crippen LogP contribution in [0.4, 0.5) is 5.69 Å². The number of pyridine rings is 1. The molecule has 7 aromatic rings. The summed E-state index contributed by atoms with van der Waals surface area (Å²) < 4.78 is 14.3. The maximum atomic E-state index is 13.7. The smallest absolute Gasteiger partial charge is 0.269 e. The average molecular weight is 781 g/mol. The fourth-order valence-electron chi connectivity index (χ4n) is 6.58. The highest BCUT2D eigenvalue weighted by atomic mass is 16.7. The van der Waals surface area contributed by atoms with Gasteiger partial charge in [0.15, 0.2) is 17.1 Å². The summed E-state index contributed by atoms with van der Waals surface area (Å²) in [7, 11) is 0. The van der Waals surface area contributed by atoms with Gasteiger partial charge >= 0.3 is 0 Å². The normalized spacial score (nSPS) is 11.9. The van der Waals surface area contributed by atoms with Gasteiger partial charge in [-0.05, 0) is 82.6 Å². The minimum absolute atomic E-state index is 0.140. The Morgan fingerprint density at radius 3 is 2.57 bits per heavy atom. The zero-order valence-electron chi connectivity index (χ0n) is 32.3. The standard InChI is InChI=1S/C41H40N12O5/c1-24(2)52(22-37-44-20-33(48-37)28-8-11-35-36(18-28)58-23-57-35)41(56)29-12-14-42-32(17-29)40(55)43-13-5-15-51-21-34(49-50-51)27-6-9-30(10-7-27)47-39(54)31-19-45-53-26(4)16-25(3)46-38(31)53/h6-12,14,16-21,24H,5,13,15,22-23H2,1-4H3,(H,43,55)(H,44,48)(H,47,54). The molecule has 0 saturated heterocycles. The van der Waals surface area contributed by atoms with Crippen LogP contribution in [0.1, 0.15) is 68.7 Å². The van der Waals surface area contributed by atoms with Crippen LogP contribution in [-0.4, -0.2) is 86.5 Å². The Balaban J connectivity index is 0.820. The molecule has 17 nitrogen and oxygen atoms in total. The summed E-state index contributed by atoms with van der Waals surface area (Å²) in [6, 6.07) is 17.8. The third-order valence-corrected chi connectivity index (χ3v) is 9.61. The molecule has 1 aliphatic heterocycles. The van der Waals surface area contributed by atoms with Gasteiger partial charge in [-0.3, -0.25) is 24.0 Å². The van der Waals surface area contributed by atoms with Crippen molar-refractivity contribution in [3.63, 3.8) is 0 Å². The van der Waals surface area contributed by atoms with Crippen molar-refractivity contribution >= 4 is 29.1 Å². The molecule has 6 heterocycles. The van der Waals surface area contributed by atoms with E-state index in [1.807, 2.05) is 70.3 Å². The molecule has 294 valence electrons. The number of aromatic nitrogens is 9. The van der Waals surface area contributed by atoms with E-state index in [4.69, 9.17) is 9.47 Å². The minimum Gasteiger partial charge on any atom is -0.454 e. The van der Waals surface area contributed by atoms with E-state index in [0.717, 1.165) is 28.2 Å². The number of fused-ring (bicyclic) bond motifs is 2. The number of nitrogens with zero attached hydrogens (tertiary/aromatic N) is 9. The van der Waals surface area contributed by atoms with Gasteiger partial charge in [-0.15, -0.1) is 5.10 Å². The van der Waals surface area contributed by atoms with E-state index in [0.29, 0.717) is 65.0 Å². The van der Waals surface area contributed by atoms with Crippen LogP contribution in [0.3, 0.4) is 0 Å². The maximum absolute atomic E-state index is 13.7. The number of amides is 3. The van der Waals surface area contributed by atoms with Crippen LogP contribution in [0.2, 0.25) is 0 Å². The monoisotopic (exact) mass is 780 g/mol. The molecule has 2 aromatic carbocycles. The first-order valence-electron chi connectivity index (χ1n) is 18.7. The molecule has 0 spiro atoms. The van der Waals surface area contributed by atoms with E-state index >= 15 is 0 Å². The molecular formula is C41H40N12O5. The highest BCUT2D eigenvalue weighted by Crippen LogP contribution is 2.35. The number of ether oxygens (including phenoxy) is 2. The quantitative estimate of drug-likeness (QED) is 0.129. The van der Waals surface area contributed by atoms with E-state index in [1.54, 1.807) is 38.5 Å². The predicted octanol–water partition coefficient (Wildman–Crippen LogP) is 5.24. The Bertz CT molecular complexity index is 2650. The van der Waals surface area contributed by atoms with Gasteiger partial charge in [0.1, 0.15) is 22.8 Å². The average Bonchev–Trinajstić information content (AvgIpc) is 4.06. The number of carbonyl (C=O) groups is 3. The van der Waals surface area contributed by atoms with Crippen molar-refractivity contribution in [3.8, 4) is 34.0 Å². The summed E-state index contributed by atoms with van der Waals surface area (Å²) >= 11 is 0. The minimum atomic E-state index is -0.389. The fourth-order valence-corrected chi connectivity index (χ4v) is 6.58. The number of anilines is 1. The molecule has 0 aliphatic carbocycles. The van der Waals surface area contributed by atoms with Crippen LogP contribution in [0.25, 0.3) is 28.2 Å². The van der Waals surface area contributed by atoms with Crippen LogP contribution in [0.15, 0.2) is 85.5 Å². The van der Waals surface area contributed by atoms with Crippen molar-refractivity contribution in [1.82, 2.24) is 54.8 Å². The Morgan fingerprint density at radius 2 is 1.74 bits per heavy atom. The number of aryl methyl sites for hydroxylation is 3. The van der Waals surface area contributed by atoms with E-state index in [2.05, 4.69) is 46.0 Å². The lowest BCUT2D eigenvalue weighted by Gasteiger charge is -2.26. The molecule has 3 amide bonds. The Morgan fingerprint density at radius 1 is 0.931 bits per heavy atom. The lowest BCUT2D eigenvalue weighted by molar-refractivity contribution is 0.0685. The number of hydrogen-bond donors (Lipinski definition) is 3. The first kappa shape index (κ1) is 37.5. The lowest BCUT2D eigenvalue weighted by Crippen LogP contribution is -2.37.